The van der Waals surface area contributed by atoms with Crippen LogP contribution < -0.4 is 5.32 Å². The maximum absolute atomic E-state index is 12.0. The summed E-state index contributed by atoms with van der Waals surface area (Å²) in [4.78, 5) is 16.0. The molecular formula is C22H20N2O. The van der Waals surface area contributed by atoms with E-state index >= 15 is 0 Å². The number of aromatic nitrogens is 1. The first-order valence-corrected chi connectivity index (χ1v) is 8.23. The van der Waals surface area contributed by atoms with Crippen LogP contribution in [0.15, 0.2) is 79.1 Å². The van der Waals surface area contributed by atoms with Crippen molar-refractivity contribution in [1.29, 1.82) is 0 Å². The monoisotopic (exact) mass is 328 g/mol. The average Bonchev–Trinajstić information content (AvgIpc) is 2.64. The van der Waals surface area contributed by atoms with Gasteiger partial charge in [-0.1, -0.05) is 42.0 Å². The average molecular weight is 328 g/mol. The number of hydrogen-bond donors (Lipinski definition) is 1. The lowest BCUT2D eigenvalue weighted by Gasteiger charge is -2.05. The zero-order chi connectivity index (χ0) is 17.5. The Morgan fingerprint density at radius 2 is 1.56 bits per heavy atom. The fraction of sp³-hybridized carbons (Fsp3) is 0.0909. The second-order valence-corrected chi connectivity index (χ2v) is 5.96. The molecule has 3 rings (SSSR count). The fourth-order valence-corrected chi connectivity index (χ4v) is 2.48. The van der Waals surface area contributed by atoms with Gasteiger partial charge in [0, 0.05) is 24.2 Å². The van der Waals surface area contributed by atoms with Gasteiger partial charge in [-0.15, -0.1) is 0 Å². The van der Waals surface area contributed by atoms with Crippen LogP contribution in [0.4, 0.5) is 5.69 Å². The normalized spacial score (nSPS) is 10.8. The third-order valence-electron chi connectivity index (χ3n) is 3.88. The largest absolute Gasteiger partial charge is 0.323 e. The number of carbonyl (C=O) groups is 1. The van der Waals surface area contributed by atoms with Crippen LogP contribution in [0.1, 0.15) is 22.3 Å². The van der Waals surface area contributed by atoms with Gasteiger partial charge in [-0.05, 0) is 60.4 Å². The van der Waals surface area contributed by atoms with E-state index in [0.29, 0.717) is 0 Å². The van der Waals surface area contributed by atoms with Crippen LogP contribution in [-0.2, 0) is 11.2 Å². The Morgan fingerprint density at radius 1 is 0.920 bits per heavy atom. The Balaban J connectivity index is 1.57. The topological polar surface area (TPSA) is 42.0 Å². The quantitative estimate of drug-likeness (QED) is 0.694. The molecule has 0 spiro atoms. The fourth-order valence-electron chi connectivity index (χ4n) is 2.48. The molecule has 3 nitrogen and oxygen atoms in total. The SMILES string of the molecule is Cc1ccc(/C=C/C(=O)Nc2ccc(Cc3ccncc3)cc2)cc1. The Kier molecular flexibility index (Phi) is 5.37. The highest BCUT2D eigenvalue weighted by Crippen LogP contribution is 2.13. The number of anilines is 1. The molecule has 25 heavy (non-hydrogen) atoms. The van der Waals surface area contributed by atoms with Crippen molar-refractivity contribution < 1.29 is 4.79 Å². The molecule has 0 fully saturated rings. The zero-order valence-corrected chi connectivity index (χ0v) is 14.1. The molecule has 0 aliphatic carbocycles. The molecule has 0 saturated heterocycles. The number of rotatable bonds is 5. The number of pyridine rings is 1. The molecule has 3 heteroatoms. The van der Waals surface area contributed by atoms with Crippen LogP contribution in [0.25, 0.3) is 6.08 Å². The van der Waals surface area contributed by atoms with Gasteiger partial charge in [-0.3, -0.25) is 9.78 Å². The Morgan fingerprint density at radius 3 is 2.24 bits per heavy atom. The van der Waals surface area contributed by atoms with Crippen molar-refractivity contribution in [3.05, 3.63) is 101 Å². The number of benzene rings is 2. The number of amides is 1. The maximum Gasteiger partial charge on any atom is 0.248 e. The van der Waals surface area contributed by atoms with Gasteiger partial charge in [0.1, 0.15) is 0 Å². The smallest absolute Gasteiger partial charge is 0.248 e. The van der Waals surface area contributed by atoms with Crippen LogP contribution in [0.2, 0.25) is 0 Å². The lowest BCUT2D eigenvalue weighted by atomic mass is 10.1. The molecule has 0 aliphatic heterocycles. The molecule has 0 aliphatic rings. The van der Waals surface area contributed by atoms with Crippen molar-refractivity contribution in [2.45, 2.75) is 13.3 Å². The van der Waals surface area contributed by atoms with E-state index in [1.807, 2.05) is 73.7 Å². The summed E-state index contributed by atoms with van der Waals surface area (Å²) in [6, 6.07) is 20.0. The summed E-state index contributed by atoms with van der Waals surface area (Å²) in [5.41, 5.74) is 5.41. The van der Waals surface area contributed by atoms with Crippen LogP contribution in [0, 0.1) is 6.92 Å². The summed E-state index contributed by atoms with van der Waals surface area (Å²) in [6.07, 6.45) is 7.81. The van der Waals surface area contributed by atoms with Gasteiger partial charge in [0.05, 0.1) is 0 Å². The van der Waals surface area contributed by atoms with Crippen LogP contribution in [0.3, 0.4) is 0 Å². The van der Waals surface area contributed by atoms with Gasteiger partial charge < -0.3 is 5.32 Å². The van der Waals surface area contributed by atoms with Gasteiger partial charge in [-0.25, -0.2) is 0 Å². The van der Waals surface area contributed by atoms with Gasteiger partial charge in [0.25, 0.3) is 0 Å². The highest BCUT2D eigenvalue weighted by molar-refractivity contribution is 6.01. The molecule has 0 atom stereocenters. The van der Waals surface area contributed by atoms with Gasteiger partial charge >= 0.3 is 0 Å². The Bertz CT molecular complexity index is 851. The third-order valence-corrected chi connectivity index (χ3v) is 3.88. The molecule has 1 amide bonds. The first-order valence-electron chi connectivity index (χ1n) is 8.23. The molecular weight excluding hydrogens is 308 g/mol. The molecule has 0 saturated carbocycles. The minimum absolute atomic E-state index is 0.137. The minimum Gasteiger partial charge on any atom is -0.323 e. The molecule has 2 aromatic carbocycles. The molecule has 0 bridgehead atoms. The molecule has 0 unspecified atom stereocenters. The summed E-state index contributed by atoms with van der Waals surface area (Å²) in [5, 5.41) is 2.88. The lowest BCUT2D eigenvalue weighted by Crippen LogP contribution is -2.07. The lowest BCUT2D eigenvalue weighted by molar-refractivity contribution is -0.111. The van der Waals surface area contributed by atoms with E-state index in [-0.39, 0.29) is 5.91 Å². The third kappa shape index (κ3) is 5.15. The summed E-state index contributed by atoms with van der Waals surface area (Å²) in [5.74, 6) is -0.137. The highest BCUT2D eigenvalue weighted by Gasteiger charge is 2.00. The van der Waals surface area contributed by atoms with Crippen molar-refractivity contribution in [1.82, 2.24) is 4.98 Å². The summed E-state index contributed by atoms with van der Waals surface area (Å²) in [7, 11) is 0. The Hall–Kier alpha value is -3.20. The van der Waals surface area contributed by atoms with E-state index in [2.05, 4.69) is 10.3 Å². The van der Waals surface area contributed by atoms with Crippen molar-refractivity contribution in [3.8, 4) is 0 Å². The first kappa shape index (κ1) is 16.7. The number of aryl methyl sites for hydroxylation is 1. The predicted molar refractivity (Wildman–Crippen MR) is 102 cm³/mol. The van der Waals surface area contributed by atoms with Gasteiger partial charge in [0.15, 0.2) is 0 Å². The van der Waals surface area contributed by atoms with E-state index in [4.69, 9.17) is 0 Å². The van der Waals surface area contributed by atoms with Crippen LogP contribution >= 0.6 is 0 Å². The molecule has 1 aromatic heterocycles. The van der Waals surface area contributed by atoms with Crippen molar-refractivity contribution >= 4 is 17.7 Å². The molecule has 1 heterocycles. The number of hydrogen-bond acceptors (Lipinski definition) is 2. The molecule has 1 N–H and O–H groups in total. The van der Waals surface area contributed by atoms with Gasteiger partial charge in [0.2, 0.25) is 5.91 Å². The van der Waals surface area contributed by atoms with Gasteiger partial charge in [-0.2, -0.15) is 0 Å². The van der Waals surface area contributed by atoms with Crippen LogP contribution in [0.5, 0.6) is 0 Å². The van der Waals surface area contributed by atoms with Crippen molar-refractivity contribution in [2.75, 3.05) is 5.32 Å². The second kappa shape index (κ2) is 8.06. The predicted octanol–water partition coefficient (Wildman–Crippen LogP) is 4.63. The summed E-state index contributed by atoms with van der Waals surface area (Å²) >= 11 is 0. The first-order chi connectivity index (χ1) is 12.2. The van der Waals surface area contributed by atoms with Crippen LogP contribution in [-0.4, -0.2) is 10.9 Å². The summed E-state index contributed by atoms with van der Waals surface area (Å²) in [6.45, 7) is 2.04. The van der Waals surface area contributed by atoms with E-state index < -0.39 is 0 Å². The second-order valence-electron chi connectivity index (χ2n) is 5.96. The number of nitrogens with one attached hydrogen (secondary N) is 1. The van der Waals surface area contributed by atoms with E-state index in [0.717, 1.165) is 17.7 Å². The standard InChI is InChI=1S/C22H20N2O/c1-17-2-4-18(5-3-17)8-11-22(25)24-21-9-6-19(7-10-21)16-20-12-14-23-15-13-20/h2-15H,16H2,1H3,(H,24,25)/b11-8+. The summed E-state index contributed by atoms with van der Waals surface area (Å²) < 4.78 is 0. The minimum atomic E-state index is -0.137. The highest BCUT2D eigenvalue weighted by atomic mass is 16.1. The zero-order valence-electron chi connectivity index (χ0n) is 14.1. The maximum atomic E-state index is 12.0. The molecule has 3 aromatic rings. The van der Waals surface area contributed by atoms with E-state index in [9.17, 15) is 4.79 Å². The van der Waals surface area contributed by atoms with E-state index in [1.54, 1.807) is 18.5 Å². The molecule has 124 valence electrons. The molecule has 0 radical (unpaired) electrons. The number of nitrogens with zero attached hydrogens (tertiary/aromatic N) is 1. The van der Waals surface area contributed by atoms with E-state index in [1.165, 1.54) is 16.7 Å². The van der Waals surface area contributed by atoms with Crippen molar-refractivity contribution in [3.63, 3.8) is 0 Å². The van der Waals surface area contributed by atoms with Crippen molar-refractivity contribution in [2.24, 2.45) is 0 Å². The Labute approximate surface area is 148 Å². The number of carbonyl (C=O) groups excluding carboxylic acids is 1.